The molecule has 0 saturated heterocycles. The highest BCUT2D eigenvalue weighted by Gasteiger charge is 2.42. The van der Waals surface area contributed by atoms with Crippen molar-refractivity contribution in [3.8, 4) is 0 Å². The SMILES string of the molecule is CC(=O)O[C@@H](C(=O)NCCCCCn1c(C)nc2ccccc21)[C@@H](OC(C)=O)C(=O)N1Cc2ccccc2C1. The number of rotatable bonds is 11. The molecule has 1 aromatic heterocycles. The summed E-state index contributed by atoms with van der Waals surface area (Å²) in [6.45, 7) is 6.01. The number of benzene rings is 2. The Labute approximate surface area is 227 Å². The lowest BCUT2D eigenvalue weighted by Crippen LogP contribution is -2.53. The van der Waals surface area contributed by atoms with Gasteiger partial charge in [0.15, 0.2) is 0 Å². The highest BCUT2D eigenvalue weighted by Crippen LogP contribution is 2.24. The molecule has 3 aromatic rings. The van der Waals surface area contributed by atoms with E-state index in [1.54, 1.807) is 0 Å². The number of amides is 2. The van der Waals surface area contributed by atoms with Gasteiger partial charge in [-0.2, -0.15) is 0 Å². The molecule has 206 valence electrons. The first-order valence-corrected chi connectivity index (χ1v) is 13.1. The Bertz CT molecular complexity index is 1340. The second kappa shape index (κ2) is 12.6. The molecule has 0 bridgehead atoms. The largest absolute Gasteiger partial charge is 0.448 e. The van der Waals surface area contributed by atoms with Crippen molar-refractivity contribution >= 4 is 34.8 Å². The summed E-state index contributed by atoms with van der Waals surface area (Å²) in [5, 5.41) is 2.74. The van der Waals surface area contributed by atoms with Crippen LogP contribution >= 0.6 is 0 Å². The molecule has 1 aliphatic heterocycles. The molecule has 2 aromatic carbocycles. The Morgan fingerprint density at radius 1 is 0.872 bits per heavy atom. The summed E-state index contributed by atoms with van der Waals surface area (Å²) in [6.07, 6.45) is -0.782. The molecule has 39 heavy (non-hydrogen) atoms. The van der Waals surface area contributed by atoms with E-state index in [4.69, 9.17) is 9.47 Å². The number of nitrogens with zero attached hydrogens (tertiary/aromatic N) is 3. The van der Waals surface area contributed by atoms with Gasteiger partial charge in [-0.25, -0.2) is 4.98 Å². The minimum absolute atomic E-state index is 0.312. The van der Waals surface area contributed by atoms with Gasteiger partial charge >= 0.3 is 11.9 Å². The summed E-state index contributed by atoms with van der Waals surface area (Å²) in [4.78, 5) is 56.3. The molecule has 0 unspecified atom stereocenters. The van der Waals surface area contributed by atoms with Crippen molar-refractivity contribution in [2.24, 2.45) is 0 Å². The first-order chi connectivity index (χ1) is 18.7. The zero-order valence-corrected chi connectivity index (χ0v) is 22.5. The minimum atomic E-state index is -1.59. The van der Waals surface area contributed by atoms with Gasteiger partial charge < -0.3 is 24.3 Å². The van der Waals surface area contributed by atoms with Gasteiger partial charge in [-0.3, -0.25) is 19.2 Å². The molecule has 0 radical (unpaired) electrons. The number of carbonyl (C=O) groups excluding carboxylic acids is 4. The van der Waals surface area contributed by atoms with Crippen LogP contribution in [0.4, 0.5) is 0 Å². The van der Waals surface area contributed by atoms with Crippen molar-refractivity contribution in [3.05, 3.63) is 65.5 Å². The number of aryl methyl sites for hydroxylation is 2. The molecule has 2 atom stereocenters. The first-order valence-electron chi connectivity index (χ1n) is 13.1. The van der Waals surface area contributed by atoms with Crippen LogP contribution < -0.4 is 5.32 Å². The zero-order valence-electron chi connectivity index (χ0n) is 22.5. The Morgan fingerprint density at radius 3 is 2.15 bits per heavy atom. The maximum Gasteiger partial charge on any atom is 0.303 e. The van der Waals surface area contributed by atoms with Crippen LogP contribution in [0.1, 0.15) is 50.1 Å². The fourth-order valence-corrected chi connectivity index (χ4v) is 4.88. The van der Waals surface area contributed by atoms with E-state index in [0.717, 1.165) is 61.2 Å². The molecule has 0 spiro atoms. The number of imidazole rings is 1. The number of esters is 2. The fraction of sp³-hybridized carbons (Fsp3) is 0.414. The van der Waals surface area contributed by atoms with E-state index >= 15 is 0 Å². The number of hydrogen-bond donors (Lipinski definition) is 1. The summed E-state index contributed by atoms with van der Waals surface area (Å²) < 4.78 is 12.7. The maximum atomic E-state index is 13.4. The molecule has 0 aliphatic carbocycles. The van der Waals surface area contributed by atoms with Gasteiger partial charge in [0.05, 0.1) is 11.0 Å². The summed E-state index contributed by atoms with van der Waals surface area (Å²) in [7, 11) is 0. The molecule has 1 aliphatic rings. The van der Waals surface area contributed by atoms with E-state index in [1.807, 2.05) is 55.5 Å². The van der Waals surface area contributed by atoms with Crippen LogP contribution in [0.25, 0.3) is 11.0 Å². The monoisotopic (exact) mass is 534 g/mol. The van der Waals surface area contributed by atoms with Crippen molar-refractivity contribution in [3.63, 3.8) is 0 Å². The number of unbranched alkanes of at least 4 members (excludes halogenated alkanes) is 2. The average molecular weight is 535 g/mol. The Hall–Kier alpha value is -4.21. The second-order valence-electron chi connectivity index (χ2n) is 9.67. The highest BCUT2D eigenvalue weighted by molar-refractivity contribution is 5.93. The lowest BCUT2D eigenvalue weighted by molar-refractivity contribution is -0.178. The number of carbonyl (C=O) groups is 4. The van der Waals surface area contributed by atoms with E-state index in [9.17, 15) is 19.2 Å². The third kappa shape index (κ3) is 6.81. The van der Waals surface area contributed by atoms with Crippen molar-refractivity contribution in [1.29, 1.82) is 0 Å². The topological polar surface area (TPSA) is 120 Å². The third-order valence-corrected chi connectivity index (χ3v) is 6.72. The number of hydrogen-bond acceptors (Lipinski definition) is 7. The van der Waals surface area contributed by atoms with Gasteiger partial charge in [-0.15, -0.1) is 0 Å². The molecule has 1 N–H and O–H groups in total. The zero-order chi connectivity index (χ0) is 27.9. The number of ether oxygens (including phenoxy) is 2. The molecular weight excluding hydrogens is 500 g/mol. The van der Waals surface area contributed by atoms with Crippen molar-refractivity contribution in [1.82, 2.24) is 19.8 Å². The van der Waals surface area contributed by atoms with Gasteiger partial charge in [0.2, 0.25) is 12.2 Å². The Kier molecular flexibility index (Phi) is 8.96. The second-order valence-corrected chi connectivity index (χ2v) is 9.67. The number of nitrogens with one attached hydrogen (secondary N) is 1. The molecule has 0 fully saturated rings. The molecule has 2 amide bonds. The molecule has 10 heteroatoms. The quantitative estimate of drug-likeness (QED) is 0.297. The number of fused-ring (bicyclic) bond motifs is 2. The number of para-hydroxylation sites is 2. The van der Waals surface area contributed by atoms with E-state index in [0.29, 0.717) is 26.1 Å². The summed E-state index contributed by atoms with van der Waals surface area (Å²) in [5.41, 5.74) is 4.00. The smallest absolute Gasteiger partial charge is 0.303 e. The fourth-order valence-electron chi connectivity index (χ4n) is 4.88. The maximum absolute atomic E-state index is 13.4. The van der Waals surface area contributed by atoms with E-state index < -0.39 is 36.0 Å². The molecule has 0 saturated carbocycles. The van der Waals surface area contributed by atoms with Gasteiger partial charge in [-0.1, -0.05) is 36.4 Å². The van der Waals surface area contributed by atoms with Gasteiger partial charge in [-0.05, 0) is 49.4 Å². The summed E-state index contributed by atoms with van der Waals surface area (Å²) >= 11 is 0. The van der Waals surface area contributed by atoms with Crippen LogP contribution in [0.5, 0.6) is 0 Å². The molecular formula is C29H34N4O6. The molecule has 2 heterocycles. The van der Waals surface area contributed by atoms with Crippen molar-refractivity contribution in [2.75, 3.05) is 6.54 Å². The van der Waals surface area contributed by atoms with Crippen molar-refractivity contribution < 1.29 is 28.7 Å². The van der Waals surface area contributed by atoms with Crippen LogP contribution in [0.3, 0.4) is 0 Å². The van der Waals surface area contributed by atoms with Gasteiger partial charge in [0, 0.05) is 40.0 Å². The minimum Gasteiger partial charge on any atom is -0.448 e. The summed E-state index contributed by atoms with van der Waals surface area (Å²) in [5.74, 6) is -1.83. The lowest BCUT2D eigenvalue weighted by Gasteiger charge is -2.28. The predicted molar refractivity (Wildman–Crippen MR) is 143 cm³/mol. The summed E-state index contributed by atoms with van der Waals surface area (Å²) in [6, 6.07) is 15.6. The van der Waals surface area contributed by atoms with Crippen molar-refractivity contribution in [2.45, 2.75) is 71.9 Å². The van der Waals surface area contributed by atoms with E-state index in [1.165, 1.54) is 4.90 Å². The molecule has 4 rings (SSSR count). The van der Waals surface area contributed by atoms with Crippen LogP contribution in [0.2, 0.25) is 0 Å². The average Bonchev–Trinajstić information content (AvgIpc) is 3.48. The number of aromatic nitrogens is 2. The Morgan fingerprint density at radius 2 is 1.49 bits per heavy atom. The lowest BCUT2D eigenvalue weighted by atomic mass is 10.1. The highest BCUT2D eigenvalue weighted by atomic mass is 16.6. The van der Waals surface area contributed by atoms with Crippen LogP contribution in [0.15, 0.2) is 48.5 Å². The standard InChI is InChI=1S/C29H34N4O6/c1-19-31-24-13-7-8-14-25(24)33(19)16-10-4-9-15-30-28(36)26(38-20(2)34)27(39-21(3)35)29(37)32-17-22-11-5-6-12-23(22)18-32/h5-8,11-14,26-27H,4,9-10,15-18H2,1-3H3,(H,30,36)/t26-,27-/m1/s1. The predicted octanol–water partition coefficient (Wildman–Crippen LogP) is 3.04. The molecule has 10 nitrogen and oxygen atoms in total. The van der Waals surface area contributed by atoms with Gasteiger partial charge in [0.25, 0.3) is 11.8 Å². The van der Waals surface area contributed by atoms with E-state index in [-0.39, 0.29) is 0 Å². The Balaban J connectivity index is 1.33. The van der Waals surface area contributed by atoms with Crippen LogP contribution in [-0.4, -0.2) is 57.0 Å². The first kappa shape index (κ1) is 27.8. The van der Waals surface area contributed by atoms with Crippen LogP contribution in [-0.2, 0) is 48.3 Å². The normalized spacial score (nSPS) is 14.0. The third-order valence-electron chi connectivity index (χ3n) is 6.72. The van der Waals surface area contributed by atoms with Crippen LogP contribution in [0, 0.1) is 6.92 Å². The van der Waals surface area contributed by atoms with Gasteiger partial charge in [0.1, 0.15) is 5.82 Å². The van der Waals surface area contributed by atoms with E-state index in [2.05, 4.69) is 14.9 Å².